The molecule has 13 heavy (non-hydrogen) atoms. The van der Waals surface area contributed by atoms with Crippen LogP contribution in [0.4, 0.5) is 5.69 Å². The van der Waals surface area contributed by atoms with Gasteiger partial charge in [0.25, 0.3) is 0 Å². The summed E-state index contributed by atoms with van der Waals surface area (Å²) in [6.45, 7) is 10.8. The van der Waals surface area contributed by atoms with Crippen molar-refractivity contribution in [1.82, 2.24) is 0 Å². The van der Waals surface area contributed by atoms with E-state index in [1.165, 1.54) is 11.3 Å². The van der Waals surface area contributed by atoms with Gasteiger partial charge in [0.05, 0.1) is 6.57 Å². The molecule has 0 radical (unpaired) electrons. The van der Waals surface area contributed by atoms with Gasteiger partial charge in [-0.3, -0.25) is 0 Å². The second kappa shape index (κ2) is 4.20. The molecule has 3 heteroatoms. The zero-order valence-electron chi connectivity index (χ0n) is 7.65. The highest BCUT2D eigenvalue weighted by molar-refractivity contribution is 7.10. The average molecular weight is 193 g/mol. The van der Waals surface area contributed by atoms with Crippen molar-refractivity contribution in [3.05, 3.63) is 27.7 Å². The van der Waals surface area contributed by atoms with E-state index in [1.807, 2.05) is 13.8 Å². The third-order valence-electron chi connectivity index (χ3n) is 1.93. The molecule has 0 bridgehead atoms. The fourth-order valence-corrected chi connectivity index (χ4v) is 2.18. The monoisotopic (exact) mass is 193 g/mol. The lowest BCUT2D eigenvalue weighted by molar-refractivity contribution is -0.109. The first kappa shape index (κ1) is 9.94. The van der Waals surface area contributed by atoms with Gasteiger partial charge in [-0.1, -0.05) is 13.8 Å². The maximum atomic E-state index is 10.8. The molecule has 0 aromatic carbocycles. The Kier molecular flexibility index (Phi) is 3.21. The number of carbonyl (C=O) groups excluding carboxylic acids is 1. The first-order valence-corrected chi connectivity index (χ1v) is 4.98. The number of aldehydes is 1. The van der Waals surface area contributed by atoms with Gasteiger partial charge in [-0.05, 0) is 17.4 Å². The summed E-state index contributed by atoms with van der Waals surface area (Å²) in [6.07, 6.45) is 0.963. The zero-order chi connectivity index (χ0) is 9.84. The molecule has 0 N–H and O–H groups in total. The van der Waals surface area contributed by atoms with E-state index < -0.39 is 0 Å². The maximum Gasteiger partial charge on any atom is 0.197 e. The molecule has 1 atom stereocenters. The van der Waals surface area contributed by atoms with Crippen LogP contribution in [0.5, 0.6) is 0 Å². The highest BCUT2D eigenvalue weighted by Gasteiger charge is 2.16. The molecule has 0 aliphatic carbocycles. The second-order valence-corrected chi connectivity index (χ2v) is 4.17. The normalized spacial score (nSPS) is 12.5. The number of carbonyl (C=O) groups is 1. The fraction of sp³-hybridized carbons (Fsp3) is 0.400. The van der Waals surface area contributed by atoms with Crippen molar-refractivity contribution in [2.45, 2.75) is 19.8 Å². The van der Waals surface area contributed by atoms with Crippen LogP contribution in [0, 0.1) is 12.5 Å². The molecule has 0 fully saturated rings. The highest BCUT2D eigenvalue weighted by atomic mass is 32.1. The van der Waals surface area contributed by atoms with Crippen LogP contribution >= 0.6 is 11.3 Å². The quantitative estimate of drug-likeness (QED) is 0.533. The summed E-state index contributed by atoms with van der Waals surface area (Å²) in [6, 6.07) is 1.80. The molecule has 2 nitrogen and oxygen atoms in total. The molecule has 0 saturated heterocycles. The summed E-state index contributed by atoms with van der Waals surface area (Å²) < 4.78 is 0. The van der Waals surface area contributed by atoms with Gasteiger partial charge in [0.2, 0.25) is 0 Å². The van der Waals surface area contributed by atoms with E-state index in [-0.39, 0.29) is 5.92 Å². The minimum atomic E-state index is -0.0551. The Balaban J connectivity index is 2.93. The van der Waals surface area contributed by atoms with E-state index in [1.54, 1.807) is 11.4 Å². The van der Waals surface area contributed by atoms with Gasteiger partial charge >= 0.3 is 0 Å². The van der Waals surface area contributed by atoms with E-state index in [0.29, 0.717) is 11.6 Å². The second-order valence-electron chi connectivity index (χ2n) is 3.22. The molecule has 1 heterocycles. The van der Waals surface area contributed by atoms with E-state index in [9.17, 15) is 4.79 Å². The summed E-state index contributed by atoms with van der Waals surface area (Å²) in [4.78, 5) is 15.1. The number of rotatable bonds is 3. The lowest BCUT2D eigenvalue weighted by Crippen LogP contribution is -2.05. The zero-order valence-corrected chi connectivity index (χ0v) is 8.47. The molecular weight excluding hydrogens is 182 g/mol. The Morgan fingerprint density at radius 3 is 2.69 bits per heavy atom. The van der Waals surface area contributed by atoms with Crippen molar-refractivity contribution >= 4 is 23.3 Å². The van der Waals surface area contributed by atoms with E-state index in [2.05, 4.69) is 4.85 Å². The standard InChI is InChI=1S/C10H11NOS/c1-7(2)9(5-12)10-4-8(11-3)6-13-10/h4-7,9H,1-2H3. The van der Waals surface area contributed by atoms with Gasteiger partial charge in [0, 0.05) is 10.8 Å². The predicted molar refractivity (Wildman–Crippen MR) is 54.2 cm³/mol. The molecule has 0 aliphatic heterocycles. The molecule has 0 spiro atoms. The van der Waals surface area contributed by atoms with Crippen LogP contribution in [0.15, 0.2) is 11.4 Å². The average Bonchev–Trinajstić information content (AvgIpc) is 2.53. The molecule has 1 rings (SSSR count). The van der Waals surface area contributed by atoms with Crippen molar-refractivity contribution in [1.29, 1.82) is 0 Å². The summed E-state index contributed by atoms with van der Waals surface area (Å²) in [5.74, 6) is 0.246. The first-order valence-electron chi connectivity index (χ1n) is 4.10. The van der Waals surface area contributed by atoms with Gasteiger partial charge in [0.15, 0.2) is 5.69 Å². The summed E-state index contributed by atoms with van der Waals surface area (Å²) in [5.41, 5.74) is 0.632. The van der Waals surface area contributed by atoms with E-state index >= 15 is 0 Å². The lowest BCUT2D eigenvalue weighted by atomic mass is 9.96. The van der Waals surface area contributed by atoms with Gasteiger partial charge in [0.1, 0.15) is 6.29 Å². The smallest absolute Gasteiger partial charge is 0.197 e. The molecule has 0 amide bonds. The predicted octanol–water partition coefficient (Wildman–Crippen LogP) is 3.24. The van der Waals surface area contributed by atoms with Crippen LogP contribution in [0.3, 0.4) is 0 Å². The Morgan fingerprint density at radius 2 is 2.31 bits per heavy atom. The Bertz CT molecular complexity index is 335. The molecule has 1 unspecified atom stereocenters. The summed E-state index contributed by atoms with van der Waals surface area (Å²) >= 11 is 1.49. The highest BCUT2D eigenvalue weighted by Crippen LogP contribution is 2.31. The minimum absolute atomic E-state index is 0.0551. The van der Waals surface area contributed by atoms with Crippen LogP contribution < -0.4 is 0 Å². The fourth-order valence-electron chi connectivity index (χ4n) is 1.13. The largest absolute Gasteiger partial charge is 0.303 e. The first-order chi connectivity index (χ1) is 6.19. The van der Waals surface area contributed by atoms with Crippen LogP contribution in [0.1, 0.15) is 24.6 Å². The minimum Gasteiger partial charge on any atom is -0.303 e. The van der Waals surface area contributed by atoms with Crippen LogP contribution in [-0.2, 0) is 4.79 Å². The van der Waals surface area contributed by atoms with Gasteiger partial charge in [-0.15, -0.1) is 0 Å². The van der Waals surface area contributed by atoms with Gasteiger partial charge < -0.3 is 4.79 Å². The molecule has 0 aliphatic rings. The summed E-state index contributed by atoms with van der Waals surface area (Å²) in [5, 5.41) is 1.79. The van der Waals surface area contributed by atoms with Crippen LogP contribution in [-0.4, -0.2) is 6.29 Å². The number of hydrogen-bond donors (Lipinski definition) is 0. The SMILES string of the molecule is [C-]#[N+]c1csc(C(C=O)C(C)C)c1. The van der Waals surface area contributed by atoms with E-state index in [4.69, 9.17) is 6.57 Å². The van der Waals surface area contributed by atoms with Crippen molar-refractivity contribution in [2.24, 2.45) is 5.92 Å². The summed E-state index contributed by atoms with van der Waals surface area (Å²) in [7, 11) is 0. The number of nitrogens with zero attached hydrogens (tertiary/aromatic N) is 1. The number of hydrogen-bond acceptors (Lipinski definition) is 2. The number of thiophene rings is 1. The van der Waals surface area contributed by atoms with Crippen molar-refractivity contribution in [3.63, 3.8) is 0 Å². The van der Waals surface area contributed by atoms with E-state index in [0.717, 1.165) is 11.2 Å². The topological polar surface area (TPSA) is 21.4 Å². The maximum absolute atomic E-state index is 10.8. The molecule has 1 aromatic rings. The molecule has 68 valence electrons. The van der Waals surface area contributed by atoms with Crippen LogP contribution in [0.2, 0.25) is 0 Å². The molecule has 0 saturated carbocycles. The van der Waals surface area contributed by atoms with Crippen molar-refractivity contribution in [3.8, 4) is 0 Å². The third kappa shape index (κ3) is 2.16. The van der Waals surface area contributed by atoms with Crippen molar-refractivity contribution in [2.75, 3.05) is 0 Å². The van der Waals surface area contributed by atoms with Gasteiger partial charge in [-0.2, -0.15) is 11.3 Å². The van der Waals surface area contributed by atoms with Gasteiger partial charge in [-0.25, -0.2) is 4.85 Å². The Hall–Kier alpha value is -1.14. The van der Waals surface area contributed by atoms with Crippen molar-refractivity contribution < 1.29 is 4.79 Å². The Morgan fingerprint density at radius 1 is 1.62 bits per heavy atom. The Labute approximate surface area is 82.0 Å². The third-order valence-corrected chi connectivity index (χ3v) is 2.95. The molecular formula is C10H11NOS. The molecule has 1 aromatic heterocycles. The lowest BCUT2D eigenvalue weighted by Gasteiger charge is -2.11. The van der Waals surface area contributed by atoms with Crippen LogP contribution in [0.25, 0.3) is 4.85 Å².